The Morgan fingerprint density at radius 2 is 2.15 bits per heavy atom. The number of carboxylic acid groups (broad SMARTS) is 1. The van der Waals surface area contributed by atoms with Crippen molar-refractivity contribution in [3.05, 3.63) is 29.6 Å². The number of hydrogen-bond acceptors (Lipinski definition) is 3. The van der Waals surface area contributed by atoms with Crippen molar-refractivity contribution >= 4 is 17.7 Å². The molecule has 1 rings (SSSR count). The quantitative estimate of drug-likeness (QED) is 0.837. The van der Waals surface area contributed by atoms with E-state index in [1.54, 1.807) is 0 Å². The largest absolute Gasteiger partial charge is 0.478 e. The van der Waals surface area contributed by atoms with Crippen LogP contribution >= 0.6 is 0 Å². The average molecular weight is 284 g/mol. The number of methoxy groups -OCH3 is 1. The number of aromatic carboxylic acids is 1. The first-order valence-corrected chi connectivity index (χ1v) is 6.07. The third kappa shape index (κ3) is 4.20. The monoisotopic (exact) mass is 284 g/mol. The van der Waals surface area contributed by atoms with Crippen molar-refractivity contribution in [3.8, 4) is 0 Å². The number of amides is 2. The van der Waals surface area contributed by atoms with E-state index in [-0.39, 0.29) is 5.69 Å². The normalized spacial score (nSPS) is 10.2. The van der Waals surface area contributed by atoms with Crippen LogP contribution in [0.3, 0.4) is 0 Å². The zero-order valence-electron chi connectivity index (χ0n) is 11.4. The molecule has 1 aromatic carbocycles. The molecule has 0 aliphatic carbocycles. The van der Waals surface area contributed by atoms with Gasteiger partial charge in [0.25, 0.3) is 0 Å². The summed E-state index contributed by atoms with van der Waals surface area (Å²) in [5.41, 5.74) is -0.233. The third-order valence-corrected chi connectivity index (χ3v) is 2.69. The molecule has 0 saturated carbocycles. The third-order valence-electron chi connectivity index (χ3n) is 2.69. The number of nitrogens with one attached hydrogen (secondary N) is 1. The second-order valence-electron chi connectivity index (χ2n) is 4.00. The van der Waals surface area contributed by atoms with Crippen molar-refractivity contribution < 1.29 is 23.8 Å². The van der Waals surface area contributed by atoms with Gasteiger partial charge in [-0.2, -0.15) is 0 Å². The lowest BCUT2D eigenvalue weighted by Gasteiger charge is -2.21. The molecule has 0 aliphatic heterocycles. The first-order chi connectivity index (χ1) is 9.49. The van der Waals surface area contributed by atoms with Gasteiger partial charge in [0.1, 0.15) is 5.82 Å². The molecule has 7 heteroatoms. The van der Waals surface area contributed by atoms with Gasteiger partial charge in [-0.15, -0.1) is 0 Å². The van der Waals surface area contributed by atoms with Gasteiger partial charge in [0, 0.05) is 25.9 Å². The van der Waals surface area contributed by atoms with E-state index >= 15 is 0 Å². The fraction of sp³-hybridized carbons (Fsp3) is 0.385. The first-order valence-electron chi connectivity index (χ1n) is 6.07. The van der Waals surface area contributed by atoms with Gasteiger partial charge in [-0.3, -0.25) is 0 Å². The second kappa shape index (κ2) is 7.44. The van der Waals surface area contributed by atoms with Crippen LogP contribution in [0.5, 0.6) is 0 Å². The van der Waals surface area contributed by atoms with E-state index in [9.17, 15) is 14.0 Å². The molecule has 0 heterocycles. The van der Waals surface area contributed by atoms with Gasteiger partial charge in [0.15, 0.2) is 0 Å². The Hall–Kier alpha value is -2.15. The topological polar surface area (TPSA) is 78.9 Å². The summed E-state index contributed by atoms with van der Waals surface area (Å²) in [4.78, 5) is 24.1. The fourth-order valence-electron chi connectivity index (χ4n) is 1.57. The molecular weight excluding hydrogens is 267 g/mol. The molecule has 0 fully saturated rings. The van der Waals surface area contributed by atoms with Crippen LogP contribution in [-0.2, 0) is 4.74 Å². The van der Waals surface area contributed by atoms with Gasteiger partial charge in [0.05, 0.1) is 12.2 Å². The van der Waals surface area contributed by atoms with Crippen LogP contribution in [0.15, 0.2) is 18.2 Å². The van der Waals surface area contributed by atoms with Crippen molar-refractivity contribution in [2.45, 2.75) is 6.92 Å². The van der Waals surface area contributed by atoms with Crippen LogP contribution in [0, 0.1) is 5.82 Å². The SMILES string of the molecule is CCN(CCOC)C(=O)Nc1ccc(C(=O)O)c(F)c1. The van der Waals surface area contributed by atoms with E-state index in [2.05, 4.69) is 5.32 Å². The zero-order chi connectivity index (χ0) is 15.1. The minimum atomic E-state index is -1.35. The molecule has 0 bridgehead atoms. The Morgan fingerprint density at radius 3 is 2.65 bits per heavy atom. The molecule has 0 unspecified atom stereocenters. The Bertz CT molecular complexity index is 493. The maximum atomic E-state index is 13.5. The predicted molar refractivity (Wildman–Crippen MR) is 71.5 cm³/mol. The van der Waals surface area contributed by atoms with Gasteiger partial charge >= 0.3 is 12.0 Å². The molecule has 0 spiro atoms. The number of rotatable bonds is 6. The summed E-state index contributed by atoms with van der Waals surface area (Å²) in [6.07, 6.45) is 0. The molecule has 2 amide bonds. The van der Waals surface area contributed by atoms with E-state index in [1.807, 2.05) is 6.92 Å². The molecule has 0 saturated heterocycles. The molecule has 0 atom stereocenters. The number of carbonyl (C=O) groups is 2. The Kier molecular flexibility index (Phi) is 5.92. The molecular formula is C13H17FN2O4. The molecule has 1 aromatic rings. The second-order valence-corrected chi connectivity index (χ2v) is 4.00. The van der Waals surface area contributed by atoms with E-state index < -0.39 is 23.4 Å². The summed E-state index contributed by atoms with van der Waals surface area (Å²) in [6.45, 7) is 3.09. The first kappa shape index (κ1) is 15.9. The predicted octanol–water partition coefficient (Wildman–Crippen LogP) is 2.02. The number of ether oxygens (including phenoxy) is 1. The number of benzene rings is 1. The van der Waals surface area contributed by atoms with E-state index in [1.165, 1.54) is 18.1 Å². The number of anilines is 1. The van der Waals surface area contributed by atoms with Crippen LogP contribution in [0.2, 0.25) is 0 Å². The van der Waals surface area contributed by atoms with E-state index in [0.717, 1.165) is 12.1 Å². The van der Waals surface area contributed by atoms with Crippen LogP contribution in [0.1, 0.15) is 17.3 Å². The standard InChI is InChI=1S/C13H17FN2O4/c1-3-16(6-7-20-2)13(19)15-9-4-5-10(12(17)18)11(14)8-9/h4-5,8H,3,6-7H2,1-2H3,(H,15,19)(H,17,18). The van der Waals surface area contributed by atoms with Gasteiger partial charge in [0.2, 0.25) is 0 Å². The maximum absolute atomic E-state index is 13.5. The summed E-state index contributed by atoms with van der Waals surface area (Å²) in [6, 6.07) is 3.03. The Labute approximate surface area is 116 Å². The highest BCUT2D eigenvalue weighted by molar-refractivity contribution is 5.91. The number of likely N-dealkylation sites (N-methyl/N-ethyl adjacent to an activating group) is 1. The van der Waals surface area contributed by atoms with Crippen LogP contribution < -0.4 is 5.32 Å². The minimum absolute atomic E-state index is 0.202. The highest BCUT2D eigenvalue weighted by atomic mass is 19.1. The average Bonchev–Trinajstić information content (AvgIpc) is 2.39. The number of nitrogens with zero attached hydrogens (tertiary/aromatic N) is 1. The van der Waals surface area contributed by atoms with Crippen LogP contribution in [0.4, 0.5) is 14.9 Å². The number of urea groups is 1. The summed E-state index contributed by atoms with van der Waals surface area (Å²) in [7, 11) is 1.53. The molecule has 2 N–H and O–H groups in total. The van der Waals surface area contributed by atoms with Crippen LogP contribution in [-0.4, -0.2) is 48.8 Å². The van der Waals surface area contributed by atoms with E-state index in [4.69, 9.17) is 9.84 Å². The Morgan fingerprint density at radius 1 is 1.45 bits per heavy atom. The smallest absolute Gasteiger partial charge is 0.338 e. The van der Waals surface area contributed by atoms with Crippen molar-refractivity contribution in [1.82, 2.24) is 4.90 Å². The Balaban J connectivity index is 2.74. The molecule has 0 aliphatic rings. The lowest BCUT2D eigenvalue weighted by Crippen LogP contribution is -2.37. The number of carboxylic acids is 1. The summed E-state index contributed by atoms with van der Waals surface area (Å²) >= 11 is 0. The highest BCUT2D eigenvalue weighted by Gasteiger charge is 2.14. The van der Waals surface area contributed by atoms with Gasteiger partial charge < -0.3 is 20.1 Å². The van der Waals surface area contributed by atoms with Crippen molar-refractivity contribution in [3.63, 3.8) is 0 Å². The molecule has 0 aromatic heterocycles. The van der Waals surface area contributed by atoms with Crippen LogP contribution in [0.25, 0.3) is 0 Å². The molecule has 0 radical (unpaired) electrons. The lowest BCUT2D eigenvalue weighted by molar-refractivity contribution is 0.0692. The number of hydrogen-bond donors (Lipinski definition) is 2. The molecule has 20 heavy (non-hydrogen) atoms. The summed E-state index contributed by atoms with van der Waals surface area (Å²) in [5, 5.41) is 11.2. The zero-order valence-corrected chi connectivity index (χ0v) is 11.4. The lowest BCUT2D eigenvalue weighted by atomic mass is 10.2. The van der Waals surface area contributed by atoms with Crippen molar-refractivity contribution in [1.29, 1.82) is 0 Å². The van der Waals surface area contributed by atoms with Crippen molar-refractivity contribution in [2.75, 3.05) is 32.1 Å². The summed E-state index contributed by atoms with van der Waals surface area (Å²) < 4.78 is 18.4. The maximum Gasteiger partial charge on any atom is 0.338 e. The highest BCUT2D eigenvalue weighted by Crippen LogP contribution is 2.15. The summed E-state index contributed by atoms with van der Waals surface area (Å²) in [5.74, 6) is -2.24. The van der Waals surface area contributed by atoms with Crippen molar-refractivity contribution in [2.24, 2.45) is 0 Å². The number of carbonyl (C=O) groups excluding carboxylic acids is 1. The molecule has 6 nitrogen and oxygen atoms in total. The number of halogens is 1. The fourth-order valence-corrected chi connectivity index (χ4v) is 1.57. The van der Waals surface area contributed by atoms with E-state index in [0.29, 0.717) is 19.7 Å². The van der Waals surface area contributed by atoms with Gasteiger partial charge in [-0.1, -0.05) is 0 Å². The van der Waals surface area contributed by atoms with Gasteiger partial charge in [-0.05, 0) is 25.1 Å². The van der Waals surface area contributed by atoms with Gasteiger partial charge in [-0.25, -0.2) is 14.0 Å². The molecule has 110 valence electrons. The minimum Gasteiger partial charge on any atom is -0.478 e.